The van der Waals surface area contributed by atoms with Gasteiger partial charge >= 0.3 is 0 Å². The average Bonchev–Trinajstić information content (AvgIpc) is 3.41. The van der Waals surface area contributed by atoms with Gasteiger partial charge in [-0.2, -0.15) is 0 Å². The van der Waals surface area contributed by atoms with Gasteiger partial charge in [0.1, 0.15) is 5.76 Å². The van der Waals surface area contributed by atoms with E-state index >= 15 is 0 Å². The minimum Gasteiger partial charge on any atom is -0.467 e. The molecule has 0 atom stereocenters. The first kappa shape index (κ1) is 20.5. The molecule has 4 rings (SSSR count). The Morgan fingerprint density at radius 1 is 1.20 bits per heavy atom. The molecular weight excluding hydrogens is 394 g/mol. The maximum Gasteiger partial charge on any atom is 0.237 e. The summed E-state index contributed by atoms with van der Waals surface area (Å²) in [5, 5.41) is 0.794. The predicted octanol–water partition coefficient (Wildman–Crippen LogP) is 5.48. The summed E-state index contributed by atoms with van der Waals surface area (Å²) < 4.78 is 5.50. The Balaban J connectivity index is 1.41. The lowest BCUT2D eigenvalue weighted by molar-refractivity contribution is -0.127. The standard InChI is InChI=1S/C24H27N3O2S/c1-18-22(15-19-9-4-2-5-10-19)26-24(25-18)30-17-23(28)27(16-21-13-8-14-29-21)20-11-6-3-7-12-20/h2,4-5,8-11,13-14H,3,6-7,12,15-17H2,1H3,(H,25,26). The summed E-state index contributed by atoms with van der Waals surface area (Å²) in [5.74, 6) is 1.23. The van der Waals surface area contributed by atoms with Gasteiger partial charge in [0.15, 0.2) is 5.16 Å². The van der Waals surface area contributed by atoms with Crippen molar-refractivity contribution in [1.82, 2.24) is 14.9 Å². The highest BCUT2D eigenvalue weighted by Crippen LogP contribution is 2.25. The molecule has 1 aromatic carbocycles. The van der Waals surface area contributed by atoms with E-state index in [9.17, 15) is 4.79 Å². The van der Waals surface area contributed by atoms with Gasteiger partial charge in [-0.3, -0.25) is 4.79 Å². The van der Waals surface area contributed by atoms with Crippen molar-refractivity contribution in [3.8, 4) is 0 Å². The van der Waals surface area contributed by atoms with Crippen LogP contribution in [0.25, 0.3) is 0 Å². The Labute approximate surface area is 181 Å². The summed E-state index contributed by atoms with van der Waals surface area (Å²) in [5.41, 5.74) is 4.42. The highest BCUT2D eigenvalue weighted by molar-refractivity contribution is 7.99. The third-order valence-corrected chi connectivity index (χ3v) is 6.18. The minimum absolute atomic E-state index is 0.0863. The van der Waals surface area contributed by atoms with E-state index in [1.54, 1.807) is 6.26 Å². The van der Waals surface area contributed by atoms with Gasteiger partial charge in [-0.05, 0) is 50.3 Å². The Morgan fingerprint density at radius 2 is 2.07 bits per heavy atom. The number of hydrogen-bond donors (Lipinski definition) is 1. The van der Waals surface area contributed by atoms with E-state index in [0.29, 0.717) is 12.3 Å². The van der Waals surface area contributed by atoms with Crippen LogP contribution in [0.3, 0.4) is 0 Å². The van der Waals surface area contributed by atoms with Crippen LogP contribution in [0.4, 0.5) is 0 Å². The van der Waals surface area contributed by atoms with E-state index < -0.39 is 0 Å². The summed E-state index contributed by atoms with van der Waals surface area (Å²) in [6.07, 6.45) is 8.93. The molecule has 1 amide bonds. The average molecular weight is 422 g/mol. The number of aryl methyl sites for hydroxylation is 1. The zero-order chi connectivity index (χ0) is 20.8. The van der Waals surface area contributed by atoms with Gasteiger partial charge in [0.2, 0.25) is 5.91 Å². The maximum atomic E-state index is 13.1. The largest absolute Gasteiger partial charge is 0.467 e. The van der Waals surface area contributed by atoms with Crippen LogP contribution in [-0.4, -0.2) is 26.5 Å². The van der Waals surface area contributed by atoms with Crippen molar-refractivity contribution in [2.75, 3.05) is 5.75 Å². The summed E-state index contributed by atoms with van der Waals surface area (Å²) in [6, 6.07) is 14.1. The second kappa shape index (κ2) is 9.85. The molecule has 0 saturated heterocycles. The second-order valence-corrected chi connectivity index (χ2v) is 8.53. The molecule has 5 nitrogen and oxygen atoms in total. The van der Waals surface area contributed by atoms with Gasteiger partial charge in [0.25, 0.3) is 0 Å². The van der Waals surface area contributed by atoms with Crippen LogP contribution in [0.15, 0.2) is 70.1 Å². The second-order valence-electron chi connectivity index (χ2n) is 7.57. The van der Waals surface area contributed by atoms with Crippen molar-refractivity contribution in [3.63, 3.8) is 0 Å². The first-order valence-corrected chi connectivity index (χ1v) is 11.4. The highest BCUT2D eigenvalue weighted by atomic mass is 32.2. The lowest BCUT2D eigenvalue weighted by Gasteiger charge is -2.27. The molecule has 1 aliphatic carbocycles. The number of amides is 1. The summed E-state index contributed by atoms with van der Waals surface area (Å²) in [4.78, 5) is 23.0. The van der Waals surface area contributed by atoms with Gasteiger partial charge in [0, 0.05) is 17.8 Å². The topological polar surface area (TPSA) is 62.1 Å². The Bertz CT molecular complexity index is 993. The lowest BCUT2D eigenvalue weighted by Crippen LogP contribution is -2.32. The van der Waals surface area contributed by atoms with Crippen molar-refractivity contribution in [2.45, 2.75) is 50.7 Å². The summed E-state index contributed by atoms with van der Waals surface area (Å²) in [7, 11) is 0. The van der Waals surface area contributed by atoms with Crippen molar-refractivity contribution in [2.24, 2.45) is 0 Å². The molecule has 2 heterocycles. The highest BCUT2D eigenvalue weighted by Gasteiger charge is 2.21. The Hall–Kier alpha value is -2.73. The van der Waals surface area contributed by atoms with E-state index in [4.69, 9.17) is 9.40 Å². The monoisotopic (exact) mass is 421 g/mol. The number of nitrogens with zero attached hydrogens (tertiary/aromatic N) is 2. The number of benzene rings is 1. The number of furan rings is 1. The zero-order valence-corrected chi connectivity index (χ0v) is 18.1. The number of H-pyrrole nitrogens is 1. The number of carbonyl (C=O) groups is 1. The molecule has 156 valence electrons. The number of rotatable bonds is 8. The summed E-state index contributed by atoms with van der Waals surface area (Å²) in [6.45, 7) is 2.52. The first-order chi connectivity index (χ1) is 14.7. The van der Waals surface area contributed by atoms with Crippen molar-refractivity contribution >= 4 is 17.7 Å². The molecule has 0 unspecified atom stereocenters. The molecule has 3 aromatic rings. The van der Waals surface area contributed by atoms with E-state index in [0.717, 1.165) is 53.7 Å². The molecule has 2 aromatic heterocycles. The summed E-state index contributed by atoms with van der Waals surface area (Å²) >= 11 is 1.46. The maximum absolute atomic E-state index is 13.1. The third kappa shape index (κ3) is 5.25. The van der Waals surface area contributed by atoms with E-state index in [1.807, 2.05) is 42.2 Å². The van der Waals surface area contributed by atoms with Gasteiger partial charge < -0.3 is 14.3 Å². The predicted molar refractivity (Wildman–Crippen MR) is 119 cm³/mol. The molecule has 0 saturated carbocycles. The first-order valence-electron chi connectivity index (χ1n) is 10.4. The van der Waals surface area contributed by atoms with Crippen LogP contribution in [0.1, 0.15) is 48.4 Å². The van der Waals surface area contributed by atoms with Crippen molar-refractivity contribution < 1.29 is 9.21 Å². The van der Waals surface area contributed by atoms with Gasteiger partial charge in [-0.15, -0.1) is 0 Å². The molecule has 0 bridgehead atoms. The smallest absolute Gasteiger partial charge is 0.237 e. The van der Waals surface area contributed by atoms with Gasteiger partial charge in [0.05, 0.1) is 24.3 Å². The molecule has 6 heteroatoms. The van der Waals surface area contributed by atoms with E-state index in [-0.39, 0.29) is 5.91 Å². The Morgan fingerprint density at radius 3 is 2.80 bits per heavy atom. The lowest BCUT2D eigenvalue weighted by atomic mass is 10.0. The van der Waals surface area contributed by atoms with Crippen LogP contribution in [0.2, 0.25) is 0 Å². The van der Waals surface area contributed by atoms with Crippen LogP contribution in [0, 0.1) is 6.92 Å². The molecule has 0 fully saturated rings. The minimum atomic E-state index is 0.0863. The number of aromatic amines is 1. The fraction of sp³-hybridized carbons (Fsp3) is 0.333. The van der Waals surface area contributed by atoms with Crippen LogP contribution < -0.4 is 0 Å². The quantitative estimate of drug-likeness (QED) is 0.489. The van der Waals surface area contributed by atoms with Gasteiger partial charge in [-0.25, -0.2) is 4.98 Å². The SMILES string of the molecule is Cc1[nH]c(SCC(=O)N(Cc2ccco2)C2=CCCCC2)nc1Cc1ccccc1. The number of imidazole rings is 1. The van der Waals surface area contributed by atoms with Gasteiger partial charge in [-0.1, -0.05) is 48.2 Å². The fourth-order valence-corrected chi connectivity index (χ4v) is 4.50. The number of hydrogen-bond acceptors (Lipinski definition) is 4. The van der Waals surface area contributed by atoms with Crippen LogP contribution >= 0.6 is 11.8 Å². The number of carbonyl (C=O) groups excluding carboxylic acids is 1. The molecule has 30 heavy (non-hydrogen) atoms. The van der Waals surface area contributed by atoms with Crippen molar-refractivity contribution in [1.29, 1.82) is 0 Å². The number of thioether (sulfide) groups is 1. The third-order valence-electron chi connectivity index (χ3n) is 5.32. The Kier molecular flexibility index (Phi) is 6.74. The normalized spacial score (nSPS) is 13.8. The fourth-order valence-electron chi connectivity index (χ4n) is 3.68. The molecule has 1 aliphatic rings. The number of aromatic nitrogens is 2. The number of allylic oxidation sites excluding steroid dienone is 2. The molecule has 1 N–H and O–H groups in total. The molecular formula is C24H27N3O2S. The molecule has 0 radical (unpaired) electrons. The molecule has 0 aliphatic heterocycles. The van der Waals surface area contributed by atoms with Crippen LogP contribution in [-0.2, 0) is 17.8 Å². The molecule has 0 spiro atoms. The van der Waals surface area contributed by atoms with E-state index in [2.05, 4.69) is 23.2 Å². The van der Waals surface area contributed by atoms with E-state index in [1.165, 1.54) is 23.7 Å². The number of nitrogens with one attached hydrogen (secondary N) is 1. The zero-order valence-electron chi connectivity index (χ0n) is 17.3. The van der Waals surface area contributed by atoms with Crippen LogP contribution in [0.5, 0.6) is 0 Å². The van der Waals surface area contributed by atoms with Crippen molar-refractivity contribution in [3.05, 3.63) is 83.2 Å².